The SMILES string of the molecule is CC(C)CC(C)OC(C)c1cccc(N)c1. The Hall–Kier alpha value is -1.02. The first-order valence-electron chi connectivity index (χ1n) is 6.00. The van der Waals surface area contributed by atoms with Crippen LogP contribution in [-0.4, -0.2) is 6.10 Å². The molecule has 2 atom stereocenters. The summed E-state index contributed by atoms with van der Waals surface area (Å²) in [5.41, 5.74) is 7.70. The van der Waals surface area contributed by atoms with Crippen LogP contribution in [0.15, 0.2) is 24.3 Å². The van der Waals surface area contributed by atoms with Gasteiger partial charge < -0.3 is 10.5 Å². The Morgan fingerprint density at radius 3 is 2.44 bits per heavy atom. The molecule has 0 spiro atoms. The summed E-state index contributed by atoms with van der Waals surface area (Å²) in [7, 11) is 0. The van der Waals surface area contributed by atoms with Crippen LogP contribution in [0.2, 0.25) is 0 Å². The maximum absolute atomic E-state index is 5.95. The summed E-state index contributed by atoms with van der Waals surface area (Å²) in [6.45, 7) is 8.63. The molecule has 0 amide bonds. The molecule has 2 heteroatoms. The molecule has 0 fully saturated rings. The van der Waals surface area contributed by atoms with Crippen molar-refractivity contribution in [1.29, 1.82) is 0 Å². The van der Waals surface area contributed by atoms with Gasteiger partial charge in [-0.1, -0.05) is 26.0 Å². The highest BCUT2D eigenvalue weighted by Gasteiger charge is 2.12. The molecular weight excluding hydrogens is 198 g/mol. The fourth-order valence-electron chi connectivity index (χ4n) is 1.96. The van der Waals surface area contributed by atoms with Gasteiger partial charge in [-0.15, -0.1) is 0 Å². The van der Waals surface area contributed by atoms with Crippen molar-refractivity contribution in [1.82, 2.24) is 0 Å². The molecule has 16 heavy (non-hydrogen) atoms. The smallest absolute Gasteiger partial charge is 0.0801 e. The van der Waals surface area contributed by atoms with Gasteiger partial charge in [-0.05, 0) is 43.9 Å². The van der Waals surface area contributed by atoms with Gasteiger partial charge in [0.15, 0.2) is 0 Å². The summed E-state index contributed by atoms with van der Waals surface area (Å²) in [5, 5.41) is 0. The van der Waals surface area contributed by atoms with E-state index >= 15 is 0 Å². The Morgan fingerprint density at radius 1 is 1.19 bits per heavy atom. The summed E-state index contributed by atoms with van der Waals surface area (Å²) >= 11 is 0. The van der Waals surface area contributed by atoms with E-state index in [1.807, 2.05) is 18.2 Å². The van der Waals surface area contributed by atoms with Crippen molar-refractivity contribution in [3.63, 3.8) is 0 Å². The standard InChI is InChI=1S/C14H23NO/c1-10(2)8-11(3)16-12(4)13-6-5-7-14(15)9-13/h5-7,9-12H,8,15H2,1-4H3. The molecule has 1 rings (SSSR count). The summed E-state index contributed by atoms with van der Waals surface area (Å²) in [4.78, 5) is 0. The van der Waals surface area contributed by atoms with Crippen molar-refractivity contribution in [3.8, 4) is 0 Å². The average Bonchev–Trinajstić information content (AvgIpc) is 2.16. The lowest BCUT2D eigenvalue weighted by Crippen LogP contribution is -2.14. The van der Waals surface area contributed by atoms with Crippen LogP contribution in [0, 0.1) is 5.92 Å². The molecule has 0 radical (unpaired) electrons. The first kappa shape index (κ1) is 13.0. The third-order valence-electron chi connectivity index (χ3n) is 2.62. The zero-order valence-corrected chi connectivity index (χ0v) is 10.7. The average molecular weight is 221 g/mol. The Bertz CT molecular complexity index is 322. The van der Waals surface area contributed by atoms with Crippen LogP contribution in [0.25, 0.3) is 0 Å². The molecule has 0 heterocycles. The minimum absolute atomic E-state index is 0.109. The Kier molecular flexibility index (Phi) is 4.81. The predicted molar refractivity (Wildman–Crippen MR) is 69.3 cm³/mol. The normalized spacial score (nSPS) is 15.1. The van der Waals surface area contributed by atoms with Crippen LogP contribution in [0.3, 0.4) is 0 Å². The largest absolute Gasteiger partial charge is 0.399 e. The maximum atomic E-state index is 5.95. The number of nitrogen functional groups attached to an aromatic ring is 1. The maximum Gasteiger partial charge on any atom is 0.0801 e. The molecule has 0 aliphatic heterocycles. The van der Waals surface area contributed by atoms with Gasteiger partial charge in [0.25, 0.3) is 0 Å². The number of anilines is 1. The van der Waals surface area contributed by atoms with Crippen molar-refractivity contribution in [2.45, 2.75) is 46.3 Å². The van der Waals surface area contributed by atoms with Crippen LogP contribution < -0.4 is 5.73 Å². The quantitative estimate of drug-likeness (QED) is 0.768. The molecule has 0 bridgehead atoms. The van der Waals surface area contributed by atoms with E-state index in [2.05, 4.69) is 33.8 Å². The zero-order chi connectivity index (χ0) is 12.1. The van der Waals surface area contributed by atoms with Crippen LogP contribution in [-0.2, 0) is 4.74 Å². The van der Waals surface area contributed by atoms with Gasteiger partial charge >= 0.3 is 0 Å². The van der Waals surface area contributed by atoms with Gasteiger partial charge in [-0.25, -0.2) is 0 Å². The van der Waals surface area contributed by atoms with Gasteiger partial charge in [-0.3, -0.25) is 0 Å². The van der Waals surface area contributed by atoms with Crippen molar-refractivity contribution >= 4 is 5.69 Å². The van der Waals surface area contributed by atoms with Crippen LogP contribution in [0.4, 0.5) is 5.69 Å². The fourth-order valence-corrected chi connectivity index (χ4v) is 1.96. The van der Waals surface area contributed by atoms with Crippen molar-refractivity contribution < 1.29 is 4.74 Å². The molecule has 0 saturated carbocycles. The van der Waals surface area contributed by atoms with Gasteiger partial charge in [0.05, 0.1) is 12.2 Å². The summed E-state index contributed by atoms with van der Waals surface area (Å²) in [6.07, 6.45) is 1.49. The number of nitrogens with two attached hydrogens (primary N) is 1. The highest BCUT2D eigenvalue weighted by molar-refractivity contribution is 5.41. The lowest BCUT2D eigenvalue weighted by Gasteiger charge is -2.21. The van der Waals surface area contributed by atoms with Crippen molar-refractivity contribution in [2.75, 3.05) is 5.73 Å². The second-order valence-corrected chi connectivity index (χ2v) is 4.89. The molecule has 2 nitrogen and oxygen atoms in total. The molecular formula is C14H23NO. The van der Waals surface area contributed by atoms with Gasteiger partial charge in [0.1, 0.15) is 0 Å². The second-order valence-electron chi connectivity index (χ2n) is 4.89. The zero-order valence-electron chi connectivity index (χ0n) is 10.7. The van der Waals surface area contributed by atoms with E-state index in [1.54, 1.807) is 0 Å². The van der Waals surface area contributed by atoms with Crippen LogP contribution in [0.5, 0.6) is 0 Å². The molecule has 2 N–H and O–H groups in total. The van der Waals surface area contributed by atoms with Crippen molar-refractivity contribution in [3.05, 3.63) is 29.8 Å². The first-order valence-corrected chi connectivity index (χ1v) is 6.00. The number of rotatable bonds is 5. The number of benzene rings is 1. The Morgan fingerprint density at radius 2 is 1.88 bits per heavy atom. The predicted octanol–water partition coefficient (Wildman–Crippen LogP) is 3.78. The molecule has 0 aliphatic rings. The summed E-state index contributed by atoms with van der Waals surface area (Å²) in [5.74, 6) is 0.669. The first-order chi connectivity index (χ1) is 7.49. The monoisotopic (exact) mass is 221 g/mol. The van der Waals surface area contributed by atoms with E-state index in [-0.39, 0.29) is 12.2 Å². The molecule has 0 aliphatic carbocycles. The molecule has 0 saturated heterocycles. The molecule has 1 aromatic carbocycles. The molecule has 1 aromatic rings. The third kappa shape index (κ3) is 4.23. The molecule has 2 unspecified atom stereocenters. The van der Waals surface area contributed by atoms with Gasteiger partial charge in [-0.2, -0.15) is 0 Å². The van der Waals surface area contributed by atoms with E-state index in [0.717, 1.165) is 17.7 Å². The minimum Gasteiger partial charge on any atom is -0.399 e. The summed E-state index contributed by atoms with van der Waals surface area (Å²) in [6, 6.07) is 7.90. The highest BCUT2D eigenvalue weighted by Crippen LogP contribution is 2.22. The Balaban J connectivity index is 2.55. The highest BCUT2D eigenvalue weighted by atomic mass is 16.5. The van der Waals surface area contributed by atoms with E-state index in [1.165, 1.54) is 0 Å². The number of hydrogen-bond acceptors (Lipinski definition) is 2. The second kappa shape index (κ2) is 5.90. The number of hydrogen-bond donors (Lipinski definition) is 1. The summed E-state index contributed by atoms with van der Waals surface area (Å²) < 4.78 is 5.95. The fraction of sp³-hybridized carbons (Fsp3) is 0.571. The lowest BCUT2D eigenvalue weighted by molar-refractivity contribution is -0.00318. The van der Waals surface area contributed by atoms with E-state index in [4.69, 9.17) is 10.5 Å². The molecule has 90 valence electrons. The number of ether oxygens (including phenoxy) is 1. The van der Waals surface area contributed by atoms with E-state index in [9.17, 15) is 0 Å². The minimum atomic E-state index is 0.109. The lowest BCUT2D eigenvalue weighted by atomic mass is 10.1. The third-order valence-corrected chi connectivity index (χ3v) is 2.62. The van der Waals surface area contributed by atoms with E-state index < -0.39 is 0 Å². The van der Waals surface area contributed by atoms with Crippen LogP contribution in [0.1, 0.15) is 45.8 Å². The topological polar surface area (TPSA) is 35.2 Å². The Labute approximate surface area is 98.8 Å². The van der Waals surface area contributed by atoms with Crippen LogP contribution >= 0.6 is 0 Å². The van der Waals surface area contributed by atoms with Gasteiger partial charge in [0.2, 0.25) is 0 Å². The molecule has 0 aromatic heterocycles. The van der Waals surface area contributed by atoms with E-state index in [0.29, 0.717) is 5.92 Å². The van der Waals surface area contributed by atoms with Gasteiger partial charge in [0, 0.05) is 5.69 Å². The van der Waals surface area contributed by atoms with Crippen molar-refractivity contribution in [2.24, 2.45) is 5.92 Å².